The molecule has 0 aliphatic carbocycles. The molecule has 25 heavy (non-hydrogen) atoms. The topological polar surface area (TPSA) is 79.5 Å². The number of carbonyl (C=O) groups is 1. The summed E-state index contributed by atoms with van der Waals surface area (Å²) in [7, 11) is 0. The van der Waals surface area contributed by atoms with Gasteiger partial charge in [-0.25, -0.2) is 4.99 Å². The van der Waals surface area contributed by atoms with Gasteiger partial charge in [-0.05, 0) is 48.7 Å². The predicted molar refractivity (Wildman–Crippen MR) is 115 cm³/mol. The van der Waals surface area contributed by atoms with Crippen LogP contribution in [0.15, 0.2) is 53.5 Å². The summed E-state index contributed by atoms with van der Waals surface area (Å²) in [6.45, 7) is 5.03. The van der Waals surface area contributed by atoms with Gasteiger partial charge >= 0.3 is 0 Å². The fourth-order valence-electron chi connectivity index (χ4n) is 2.26. The van der Waals surface area contributed by atoms with E-state index in [0.29, 0.717) is 24.6 Å². The van der Waals surface area contributed by atoms with Crippen LogP contribution in [0.25, 0.3) is 0 Å². The molecule has 0 atom stereocenters. The van der Waals surface area contributed by atoms with Crippen LogP contribution in [-0.4, -0.2) is 18.4 Å². The fraction of sp³-hybridized carbons (Fsp3) is 0.263. The number of rotatable bonds is 6. The first-order valence-electron chi connectivity index (χ1n) is 8.15. The largest absolute Gasteiger partial charge is 0.370 e. The van der Waals surface area contributed by atoms with Gasteiger partial charge in [0.1, 0.15) is 0 Å². The molecule has 0 spiro atoms. The molecule has 6 heteroatoms. The number of halogens is 1. The molecule has 0 unspecified atom stereocenters. The fourth-order valence-corrected chi connectivity index (χ4v) is 2.26. The molecule has 0 bridgehead atoms. The maximum absolute atomic E-state index is 11.8. The van der Waals surface area contributed by atoms with Crippen LogP contribution in [0.5, 0.6) is 0 Å². The van der Waals surface area contributed by atoms with Gasteiger partial charge in [0.15, 0.2) is 5.96 Å². The van der Waals surface area contributed by atoms with Gasteiger partial charge in [0.25, 0.3) is 5.91 Å². The molecule has 0 aliphatic rings. The zero-order valence-electron chi connectivity index (χ0n) is 14.6. The molecule has 2 aromatic rings. The quantitative estimate of drug-likeness (QED) is 0.357. The van der Waals surface area contributed by atoms with E-state index in [1.54, 1.807) is 6.07 Å². The third-order valence-electron chi connectivity index (χ3n) is 3.59. The van der Waals surface area contributed by atoms with Crippen LogP contribution in [0.1, 0.15) is 35.3 Å². The van der Waals surface area contributed by atoms with Crippen molar-refractivity contribution in [1.82, 2.24) is 5.32 Å². The number of carbonyl (C=O) groups excluding carboxylic acids is 1. The Kier molecular flexibility index (Phi) is 8.98. The average Bonchev–Trinajstić information content (AvgIpc) is 2.61. The normalized spacial score (nSPS) is 10.7. The van der Waals surface area contributed by atoms with Gasteiger partial charge in [-0.15, -0.1) is 24.0 Å². The van der Waals surface area contributed by atoms with Crippen molar-refractivity contribution in [3.05, 3.63) is 65.2 Å². The summed E-state index contributed by atoms with van der Waals surface area (Å²) < 4.78 is 0. The molecular weight excluding hydrogens is 427 g/mol. The second-order valence-corrected chi connectivity index (χ2v) is 5.44. The van der Waals surface area contributed by atoms with Gasteiger partial charge in [-0.2, -0.15) is 0 Å². The van der Waals surface area contributed by atoms with Crippen molar-refractivity contribution in [2.45, 2.75) is 26.8 Å². The maximum Gasteiger partial charge on any atom is 0.251 e. The van der Waals surface area contributed by atoms with Crippen LogP contribution in [0.4, 0.5) is 5.69 Å². The third-order valence-corrected chi connectivity index (χ3v) is 3.59. The number of hydrogen-bond acceptors (Lipinski definition) is 2. The molecule has 1 amide bonds. The molecule has 0 aromatic heterocycles. The number of hydrogen-bond donors (Lipinski definition) is 3. The summed E-state index contributed by atoms with van der Waals surface area (Å²) in [6, 6.07) is 15.5. The van der Waals surface area contributed by atoms with E-state index in [-0.39, 0.29) is 29.9 Å². The lowest BCUT2D eigenvalue weighted by Gasteiger charge is -2.07. The van der Waals surface area contributed by atoms with Crippen LogP contribution < -0.4 is 16.4 Å². The van der Waals surface area contributed by atoms with E-state index in [2.05, 4.69) is 34.7 Å². The molecular formula is C19H25IN4O. The van der Waals surface area contributed by atoms with E-state index < -0.39 is 0 Å². The highest BCUT2D eigenvalue weighted by Crippen LogP contribution is 2.10. The second-order valence-electron chi connectivity index (χ2n) is 5.44. The molecule has 4 N–H and O–H groups in total. The van der Waals surface area contributed by atoms with E-state index in [9.17, 15) is 4.79 Å². The Labute approximate surface area is 166 Å². The molecule has 0 saturated carbocycles. The average molecular weight is 452 g/mol. The Morgan fingerprint density at radius 2 is 1.80 bits per heavy atom. The predicted octanol–water partition coefficient (Wildman–Crippen LogP) is 3.54. The maximum atomic E-state index is 11.8. The molecule has 134 valence electrons. The first-order valence-corrected chi connectivity index (χ1v) is 8.15. The van der Waals surface area contributed by atoms with Gasteiger partial charge in [-0.3, -0.25) is 4.79 Å². The molecule has 5 nitrogen and oxygen atoms in total. The SMILES string of the molecule is CCNC(=O)c1cccc(CN=C(N)Nc2ccc(CC)cc2)c1.I. The molecule has 2 rings (SSSR count). The summed E-state index contributed by atoms with van der Waals surface area (Å²) in [5, 5.41) is 5.85. The van der Waals surface area contributed by atoms with Gasteiger partial charge in [-0.1, -0.05) is 31.2 Å². The minimum atomic E-state index is -0.0783. The van der Waals surface area contributed by atoms with Crippen molar-refractivity contribution >= 4 is 41.5 Å². The number of nitrogens with two attached hydrogens (primary N) is 1. The number of nitrogens with one attached hydrogen (secondary N) is 2. The molecule has 0 fully saturated rings. The lowest BCUT2D eigenvalue weighted by atomic mass is 10.1. The van der Waals surface area contributed by atoms with Crippen molar-refractivity contribution in [2.75, 3.05) is 11.9 Å². The number of aryl methyl sites for hydroxylation is 1. The lowest BCUT2D eigenvalue weighted by Crippen LogP contribution is -2.23. The summed E-state index contributed by atoms with van der Waals surface area (Å²) in [5.41, 5.74) is 9.68. The number of guanidine groups is 1. The number of benzene rings is 2. The van der Waals surface area contributed by atoms with Crippen molar-refractivity contribution in [3.8, 4) is 0 Å². The number of aliphatic imine (C=N–C) groups is 1. The van der Waals surface area contributed by atoms with Crippen molar-refractivity contribution in [3.63, 3.8) is 0 Å². The Hall–Kier alpha value is -2.09. The van der Waals surface area contributed by atoms with Crippen molar-refractivity contribution in [2.24, 2.45) is 10.7 Å². The Bertz CT molecular complexity index is 714. The van der Waals surface area contributed by atoms with Crippen LogP contribution in [0.2, 0.25) is 0 Å². The Morgan fingerprint density at radius 1 is 1.08 bits per heavy atom. The van der Waals surface area contributed by atoms with Gasteiger partial charge in [0, 0.05) is 17.8 Å². The van der Waals surface area contributed by atoms with Crippen LogP contribution >= 0.6 is 24.0 Å². The zero-order chi connectivity index (χ0) is 17.4. The first kappa shape index (κ1) is 21.0. The molecule has 0 radical (unpaired) electrons. The zero-order valence-corrected chi connectivity index (χ0v) is 16.9. The smallest absolute Gasteiger partial charge is 0.251 e. The lowest BCUT2D eigenvalue weighted by molar-refractivity contribution is 0.0955. The Balaban J connectivity index is 0.00000312. The number of amides is 1. The highest BCUT2D eigenvalue weighted by molar-refractivity contribution is 14.0. The second kappa shape index (κ2) is 10.7. The van der Waals surface area contributed by atoms with Crippen molar-refractivity contribution < 1.29 is 4.79 Å². The van der Waals surface area contributed by atoms with Gasteiger partial charge in [0.05, 0.1) is 6.54 Å². The van der Waals surface area contributed by atoms with E-state index in [1.165, 1.54) is 5.56 Å². The summed E-state index contributed by atoms with van der Waals surface area (Å²) in [5.74, 6) is 0.271. The van der Waals surface area contributed by atoms with Crippen LogP contribution in [0, 0.1) is 0 Å². The number of anilines is 1. The van der Waals surface area contributed by atoms with Gasteiger partial charge in [0.2, 0.25) is 0 Å². The third kappa shape index (κ3) is 6.74. The molecule has 0 aliphatic heterocycles. The summed E-state index contributed by atoms with van der Waals surface area (Å²) in [6.07, 6.45) is 1.01. The van der Waals surface area contributed by atoms with E-state index in [1.807, 2.05) is 37.3 Å². The minimum absolute atomic E-state index is 0. The summed E-state index contributed by atoms with van der Waals surface area (Å²) in [4.78, 5) is 16.2. The molecule has 0 heterocycles. The summed E-state index contributed by atoms with van der Waals surface area (Å²) >= 11 is 0. The van der Waals surface area contributed by atoms with E-state index in [4.69, 9.17) is 5.73 Å². The van der Waals surface area contributed by atoms with Gasteiger partial charge < -0.3 is 16.4 Å². The minimum Gasteiger partial charge on any atom is -0.370 e. The highest BCUT2D eigenvalue weighted by Gasteiger charge is 2.04. The Morgan fingerprint density at radius 3 is 2.44 bits per heavy atom. The molecule has 2 aromatic carbocycles. The standard InChI is InChI=1S/C19H24N4O.HI/c1-3-14-8-10-17(11-9-14)23-19(20)22-13-15-6-5-7-16(12-15)18(24)21-4-2;/h5-12H,3-4,13H2,1-2H3,(H,21,24)(H3,20,22,23);1H. The van der Waals surface area contributed by atoms with Crippen molar-refractivity contribution in [1.29, 1.82) is 0 Å². The number of nitrogens with zero attached hydrogens (tertiary/aromatic N) is 1. The van der Waals surface area contributed by atoms with Crippen LogP contribution in [-0.2, 0) is 13.0 Å². The first-order chi connectivity index (χ1) is 11.6. The van der Waals surface area contributed by atoms with E-state index in [0.717, 1.165) is 17.7 Å². The van der Waals surface area contributed by atoms with E-state index >= 15 is 0 Å². The highest BCUT2D eigenvalue weighted by atomic mass is 127. The molecule has 0 saturated heterocycles. The monoisotopic (exact) mass is 452 g/mol. The van der Waals surface area contributed by atoms with Crippen LogP contribution in [0.3, 0.4) is 0 Å².